The summed E-state index contributed by atoms with van der Waals surface area (Å²) in [5, 5.41) is 0.465. The number of aromatic nitrogens is 2. The van der Waals surface area contributed by atoms with E-state index in [1.54, 1.807) is 4.90 Å². The number of hydrogen-bond acceptors (Lipinski definition) is 4. The van der Waals surface area contributed by atoms with Crippen LogP contribution in [0.2, 0.25) is 5.15 Å². The maximum Gasteiger partial charge on any atom is 0.410 e. The van der Waals surface area contributed by atoms with Crippen molar-refractivity contribution in [2.75, 3.05) is 13.1 Å². The Hall–Kier alpha value is -2.36. The molecule has 0 saturated carbocycles. The minimum Gasteiger partial charge on any atom is -0.444 e. The Morgan fingerprint density at radius 3 is 2.77 bits per heavy atom. The molecule has 0 bridgehead atoms. The second-order valence-electron chi connectivity index (χ2n) is 7.32. The number of fused-ring (bicyclic) bond motifs is 1. The second kappa shape index (κ2) is 7.10. The third-order valence-corrected chi connectivity index (χ3v) is 4.63. The van der Waals surface area contributed by atoms with Crippen molar-refractivity contribution in [2.24, 2.45) is 0 Å². The first-order valence-electron chi connectivity index (χ1n) is 8.56. The van der Waals surface area contributed by atoms with E-state index >= 15 is 0 Å². The van der Waals surface area contributed by atoms with Gasteiger partial charge in [-0.25, -0.2) is 14.8 Å². The molecular weight excluding hydrogens is 350 g/mol. The summed E-state index contributed by atoms with van der Waals surface area (Å²) in [7, 11) is 0. The smallest absolute Gasteiger partial charge is 0.410 e. The van der Waals surface area contributed by atoms with E-state index < -0.39 is 5.60 Å². The van der Waals surface area contributed by atoms with Gasteiger partial charge in [0.2, 0.25) is 0 Å². The van der Waals surface area contributed by atoms with Crippen molar-refractivity contribution < 1.29 is 9.53 Å². The van der Waals surface area contributed by atoms with Gasteiger partial charge in [0.1, 0.15) is 17.1 Å². The lowest BCUT2D eigenvalue weighted by molar-refractivity contribution is 0.0266. The van der Waals surface area contributed by atoms with E-state index in [1.807, 2.05) is 26.8 Å². The zero-order valence-electron chi connectivity index (χ0n) is 15.3. The monoisotopic (exact) mass is 371 g/mol. The van der Waals surface area contributed by atoms with Crippen LogP contribution in [0, 0.1) is 0 Å². The average molecular weight is 372 g/mol. The minimum absolute atomic E-state index is 0.283. The van der Waals surface area contributed by atoms with Crippen molar-refractivity contribution in [2.45, 2.75) is 39.2 Å². The van der Waals surface area contributed by atoms with Gasteiger partial charge in [0, 0.05) is 30.6 Å². The van der Waals surface area contributed by atoms with Crippen LogP contribution in [0.25, 0.3) is 6.08 Å². The molecular formula is C20H22ClN3O2. The maximum absolute atomic E-state index is 12.2. The van der Waals surface area contributed by atoms with E-state index in [-0.39, 0.29) is 6.09 Å². The molecule has 1 aliphatic carbocycles. The summed E-state index contributed by atoms with van der Waals surface area (Å²) < 4.78 is 5.44. The number of hydrogen-bond donors (Lipinski definition) is 0. The fourth-order valence-corrected chi connectivity index (χ4v) is 3.24. The van der Waals surface area contributed by atoms with Crippen LogP contribution in [0.3, 0.4) is 0 Å². The molecule has 1 aliphatic heterocycles. The van der Waals surface area contributed by atoms with Gasteiger partial charge in [-0.05, 0) is 44.4 Å². The molecule has 3 rings (SSSR count). The molecule has 2 heterocycles. The van der Waals surface area contributed by atoms with Gasteiger partial charge >= 0.3 is 6.09 Å². The highest BCUT2D eigenvalue weighted by Gasteiger charge is 2.27. The summed E-state index contributed by atoms with van der Waals surface area (Å²) in [4.78, 5) is 22.3. The largest absolute Gasteiger partial charge is 0.444 e. The highest BCUT2D eigenvalue weighted by Crippen LogP contribution is 2.35. The Morgan fingerprint density at radius 2 is 2.15 bits per heavy atom. The van der Waals surface area contributed by atoms with E-state index in [0.29, 0.717) is 24.7 Å². The lowest BCUT2D eigenvalue weighted by atomic mass is 9.85. The topological polar surface area (TPSA) is 55.3 Å². The molecule has 0 spiro atoms. The molecule has 0 N–H and O–H groups in total. The summed E-state index contributed by atoms with van der Waals surface area (Å²) in [6.07, 6.45) is 6.60. The molecule has 1 aromatic rings. The van der Waals surface area contributed by atoms with E-state index in [4.69, 9.17) is 16.3 Å². The van der Waals surface area contributed by atoms with Crippen molar-refractivity contribution >= 4 is 23.8 Å². The minimum atomic E-state index is -0.492. The fourth-order valence-electron chi connectivity index (χ4n) is 3.04. The SMILES string of the molecule is C=C=C1Cc2c(Cl)ncnc2C=C1C1=CCN(C(=O)OC(C)(C)C)CC1. The molecule has 2 aliphatic rings. The van der Waals surface area contributed by atoms with Crippen LogP contribution < -0.4 is 0 Å². The predicted molar refractivity (Wildman–Crippen MR) is 102 cm³/mol. The molecule has 5 nitrogen and oxygen atoms in total. The number of rotatable bonds is 1. The van der Waals surface area contributed by atoms with Crippen LogP contribution in [-0.2, 0) is 11.2 Å². The van der Waals surface area contributed by atoms with Gasteiger partial charge in [0.25, 0.3) is 0 Å². The Morgan fingerprint density at radius 1 is 1.38 bits per heavy atom. The van der Waals surface area contributed by atoms with Gasteiger partial charge in [-0.15, -0.1) is 5.73 Å². The number of amides is 1. The predicted octanol–water partition coefficient (Wildman–Crippen LogP) is 4.35. The molecule has 26 heavy (non-hydrogen) atoms. The van der Waals surface area contributed by atoms with E-state index in [1.165, 1.54) is 6.33 Å². The van der Waals surface area contributed by atoms with E-state index in [0.717, 1.165) is 34.4 Å². The van der Waals surface area contributed by atoms with Crippen LogP contribution in [0.4, 0.5) is 4.79 Å². The van der Waals surface area contributed by atoms with Crippen molar-refractivity contribution in [1.82, 2.24) is 14.9 Å². The Kier molecular flexibility index (Phi) is 5.03. The Bertz CT molecular complexity index is 858. The highest BCUT2D eigenvalue weighted by atomic mass is 35.5. The molecule has 136 valence electrons. The van der Waals surface area contributed by atoms with Crippen molar-refractivity contribution in [3.8, 4) is 0 Å². The van der Waals surface area contributed by atoms with Crippen LogP contribution in [-0.4, -0.2) is 39.7 Å². The zero-order valence-corrected chi connectivity index (χ0v) is 16.1. The first kappa shape index (κ1) is 18.4. The lowest BCUT2D eigenvalue weighted by Crippen LogP contribution is -2.39. The zero-order chi connectivity index (χ0) is 18.9. The molecule has 0 radical (unpaired) electrons. The third-order valence-electron chi connectivity index (χ3n) is 4.31. The van der Waals surface area contributed by atoms with E-state index in [9.17, 15) is 4.79 Å². The molecule has 0 unspecified atom stereocenters. The second-order valence-corrected chi connectivity index (χ2v) is 7.68. The Balaban J connectivity index is 1.83. The number of halogens is 1. The third kappa shape index (κ3) is 3.90. The molecule has 6 heteroatoms. The number of allylic oxidation sites excluding steroid dienone is 2. The molecule has 0 aromatic carbocycles. The van der Waals surface area contributed by atoms with Gasteiger partial charge < -0.3 is 9.64 Å². The molecule has 1 amide bonds. The summed E-state index contributed by atoms with van der Waals surface area (Å²) in [5.41, 5.74) is 7.46. The van der Waals surface area contributed by atoms with Crippen LogP contribution >= 0.6 is 11.6 Å². The highest BCUT2D eigenvalue weighted by molar-refractivity contribution is 6.30. The normalized spacial score (nSPS) is 17.1. The van der Waals surface area contributed by atoms with E-state index in [2.05, 4.69) is 28.4 Å². The Labute approximate surface area is 158 Å². The summed E-state index contributed by atoms with van der Waals surface area (Å²) in [5.74, 6) is 0. The van der Waals surface area contributed by atoms with Gasteiger partial charge in [0.15, 0.2) is 0 Å². The van der Waals surface area contributed by atoms with Crippen LogP contribution in [0.15, 0.2) is 41.4 Å². The van der Waals surface area contributed by atoms with Crippen LogP contribution in [0.1, 0.15) is 38.4 Å². The standard InChI is InChI=1S/C20H22ClN3O2/c1-5-13-10-16-17(22-12-23-18(16)21)11-15(13)14-6-8-24(9-7-14)19(25)26-20(2,3)4/h6,11-12H,1,7-10H2,2-4H3. The number of carbonyl (C=O) groups is 1. The maximum atomic E-state index is 12.2. The first-order chi connectivity index (χ1) is 12.3. The van der Waals surface area contributed by atoms with Gasteiger partial charge in [-0.1, -0.05) is 24.3 Å². The lowest BCUT2D eigenvalue weighted by Gasteiger charge is -2.31. The van der Waals surface area contributed by atoms with Crippen LogP contribution in [0.5, 0.6) is 0 Å². The number of ether oxygens (including phenoxy) is 1. The number of carbonyl (C=O) groups excluding carboxylic acids is 1. The van der Waals surface area contributed by atoms with Crippen molar-refractivity contribution in [3.63, 3.8) is 0 Å². The molecule has 0 saturated heterocycles. The van der Waals surface area contributed by atoms with Crippen molar-refractivity contribution in [1.29, 1.82) is 0 Å². The summed E-state index contributed by atoms with van der Waals surface area (Å²) >= 11 is 6.19. The molecule has 1 aromatic heterocycles. The summed E-state index contributed by atoms with van der Waals surface area (Å²) in [6.45, 7) is 10.6. The molecule has 0 atom stereocenters. The van der Waals surface area contributed by atoms with Crippen molar-refractivity contribution in [3.05, 3.63) is 57.8 Å². The van der Waals surface area contributed by atoms with Gasteiger partial charge in [-0.3, -0.25) is 0 Å². The number of nitrogens with zero attached hydrogens (tertiary/aromatic N) is 3. The van der Waals surface area contributed by atoms with Gasteiger partial charge in [0.05, 0.1) is 5.69 Å². The van der Waals surface area contributed by atoms with Gasteiger partial charge in [-0.2, -0.15) is 0 Å². The molecule has 0 fully saturated rings. The summed E-state index contributed by atoms with van der Waals surface area (Å²) in [6, 6.07) is 0. The fraction of sp³-hybridized carbons (Fsp3) is 0.400. The average Bonchev–Trinajstić information content (AvgIpc) is 2.60. The quantitative estimate of drug-likeness (QED) is 0.544. The first-order valence-corrected chi connectivity index (χ1v) is 8.94.